The summed E-state index contributed by atoms with van der Waals surface area (Å²) in [4.78, 5) is 34.0. The van der Waals surface area contributed by atoms with Crippen LogP contribution in [0, 0.1) is 5.92 Å². The van der Waals surface area contributed by atoms with Crippen molar-refractivity contribution in [3.8, 4) is 0 Å². The van der Waals surface area contributed by atoms with Gasteiger partial charge >= 0.3 is 12.5 Å². The minimum atomic E-state index is -4.77. The fourth-order valence-corrected chi connectivity index (χ4v) is 2.61. The van der Waals surface area contributed by atoms with Crippen molar-refractivity contribution in [2.75, 3.05) is 6.61 Å². The highest BCUT2D eigenvalue weighted by Crippen LogP contribution is 2.34. The van der Waals surface area contributed by atoms with E-state index in [1.54, 1.807) is 0 Å². The van der Waals surface area contributed by atoms with Crippen molar-refractivity contribution in [2.24, 2.45) is 5.92 Å². The van der Waals surface area contributed by atoms with E-state index in [9.17, 15) is 31.9 Å². The Bertz CT molecular complexity index is 554. The minimum absolute atomic E-state index is 0.143. The number of carboxylic acid groups (broad SMARTS) is 1. The van der Waals surface area contributed by atoms with Crippen LogP contribution in [0.15, 0.2) is 0 Å². The maximum Gasteiger partial charge on any atom is 0.522 e. The first-order valence-corrected chi connectivity index (χ1v) is 7.64. The lowest BCUT2D eigenvalue weighted by atomic mass is 9.82. The molecule has 1 heterocycles. The summed E-state index contributed by atoms with van der Waals surface area (Å²) in [7, 11) is 0. The van der Waals surface area contributed by atoms with Crippen LogP contribution >= 0.6 is 0 Å². The Balaban J connectivity index is 1.68. The van der Waals surface area contributed by atoms with E-state index in [2.05, 4.69) is 4.74 Å². The molecule has 2 rings (SSSR count). The molecule has 1 aliphatic heterocycles. The van der Waals surface area contributed by atoms with Crippen molar-refractivity contribution in [1.29, 1.82) is 0 Å². The molecule has 0 aromatic carbocycles. The largest absolute Gasteiger partial charge is 0.522 e. The number of hydrogen-bond donors (Lipinski definition) is 4. The normalized spacial score (nSPS) is 31.5. The van der Waals surface area contributed by atoms with Gasteiger partial charge in [-0.3, -0.25) is 25.2 Å². The highest BCUT2D eigenvalue weighted by Gasteiger charge is 2.43. The zero-order valence-electron chi connectivity index (χ0n) is 13.2. The Morgan fingerprint density at radius 3 is 2.23 bits per heavy atom. The molecule has 2 aliphatic rings. The van der Waals surface area contributed by atoms with E-state index in [-0.39, 0.29) is 19.4 Å². The van der Waals surface area contributed by atoms with E-state index in [1.165, 1.54) is 0 Å². The standard InChI is InChI=1S/C13H17F4N3O6/c14-7-3-9(25-4-8(7)18-12(23)24)11(22)20-19-10(21)5-1-6(2-5)26-13(15,16)17/h5-9,18H,1-4H2,(H,19,21)(H,20,22)(H,23,24)/t5?,6?,7-,8-,9-/m0/s1. The monoisotopic (exact) mass is 387 g/mol. The predicted molar refractivity (Wildman–Crippen MR) is 74.1 cm³/mol. The van der Waals surface area contributed by atoms with Gasteiger partial charge < -0.3 is 15.2 Å². The number of amides is 3. The third kappa shape index (κ3) is 5.69. The Morgan fingerprint density at radius 1 is 1.08 bits per heavy atom. The van der Waals surface area contributed by atoms with Crippen molar-refractivity contribution >= 4 is 17.9 Å². The van der Waals surface area contributed by atoms with Crippen LogP contribution in [0.2, 0.25) is 0 Å². The van der Waals surface area contributed by atoms with Crippen LogP contribution in [0.5, 0.6) is 0 Å². The van der Waals surface area contributed by atoms with Crippen molar-refractivity contribution in [1.82, 2.24) is 16.2 Å². The fraction of sp³-hybridized carbons (Fsp3) is 0.769. The summed E-state index contributed by atoms with van der Waals surface area (Å²) in [6, 6.07) is -1.10. The van der Waals surface area contributed by atoms with Crippen LogP contribution in [0.3, 0.4) is 0 Å². The molecule has 3 atom stereocenters. The summed E-state index contributed by atoms with van der Waals surface area (Å²) in [5, 5.41) is 10.4. The topological polar surface area (TPSA) is 126 Å². The van der Waals surface area contributed by atoms with Gasteiger partial charge in [0, 0.05) is 12.3 Å². The Labute approximate surface area is 144 Å². The lowest BCUT2D eigenvalue weighted by Crippen LogP contribution is -2.56. The van der Waals surface area contributed by atoms with Crippen LogP contribution in [0.4, 0.5) is 22.4 Å². The summed E-state index contributed by atoms with van der Waals surface area (Å²) in [6.45, 7) is -0.363. The minimum Gasteiger partial charge on any atom is -0.465 e. The quantitative estimate of drug-likeness (QED) is 0.404. The number of halogens is 4. The van der Waals surface area contributed by atoms with E-state index in [0.717, 1.165) is 0 Å². The molecule has 13 heteroatoms. The van der Waals surface area contributed by atoms with Crippen LogP contribution in [-0.4, -0.2) is 60.4 Å². The van der Waals surface area contributed by atoms with Crippen molar-refractivity contribution in [3.05, 3.63) is 0 Å². The van der Waals surface area contributed by atoms with Gasteiger partial charge in [-0.1, -0.05) is 0 Å². The average molecular weight is 387 g/mol. The maximum atomic E-state index is 13.8. The molecule has 0 bridgehead atoms. The zero-order chi connectivity index (χ0) is 19.5. The van der Waals surface area contributed by atoms with Crippen molar-refractivity contribution < 1.29 is 46.5 Å². The molecule has 1 saturated carbocycles. The van der Waals surface area contributed by atoms with Gasteiger partial charge in [-0.25, -0.2) is 9.18 Å². The third-order valence-corrected chi connectivity index (χ3v) is 4.03. The van der Waals surface area contributed by atoms with Crippen LogP contribution in [-0.2, 0) is 19.1 Å². The molecule has 1 saturated heterocycles. The molecule has 2 fully saturated rings. The lowest BCUT2D eigenvalue weighted by Gasteiger charge is -2.34. The highest BCUT2D eigenvalue weighted by atomic mass is 19.4. The lowest BCUT2D eigenvalue weighted by molar-refractivity contribution is -0.353. The third-order valence-electron chi connectivity index (χ3n) is 4.03. The molecular weight excluding hydrogens is 370 g/mol. The number of rotatable bonds is 4. The van der Waals surface area contributed by atoms with Gasteiger partial charge in [-0.2, -0.15) is 0 Å². The fourth-order valence-electron chi connectivity index (χ4n) is 2.61. The molecule has 0 aromatic heterocycles. The zero-order valence-corrected chi connectivity index (χ0v) is 13.2. The number of nitrogens with one attached hydrogen (secondary N) is 3. The number of carbonyl (C=O) groups is 3. The van der Waals surface area contributed by atoms with E-state index in [4.69, 9.17) is 9.84 Å². The van der Waals surface area contributed by atoms with E-state index < -0.39 is 61.0 Å². The SMILES string of the molecule is O=C(O)N[C@H]1CO[C@H](C(=O)NNC(=O)C2CC(OC(F)(F)F)C2)C[C@@H]1F. The molecule has 26 heavy (non-hydrogen) atoms. The number of alkyl halides is 4. The second-order valence-electron chi connectivity index (χ2n) is 5.96. The van der Waals surface area contributed by atoms with Gasteiger partial charge in [0.05, 0.1) is 18.8 Å². The van der Waals surface area contributed by atoms with Gasteiger partial charge in [0.1, 0.15) is 12.3 Å². The van der Waals surface area contributed by atoms with Gasteiger partial charge in [-0.05, 0) is 12.8 Å². The van der Waals surface area contributed by atoms with Gasteiger partial charge in [0.2, 0.25) is 5.91 Å². The molecule has 0 radical (unpaired) electrons. The smallest absolute Gasteiger partial charge is 0.465 e. The van der Waals surface area contributed by atoms with Gasteiger partial charge in [0.25, 0.3) is 5.91 Å². The van der Waals surface area contributed by atoms with E-state index >= 15 is 0 Å². The van der Waals surface area contributed by atoms with Crippen molar-refractivity contribution in [2.45, 2.75) is 50.0 Å². The van der Waals surface area contributed by atoms with Crippen LogP contribution < -0.4 is 16.2 Å². The summed E-state index contributed by atoms with van der Waals surface area (Å²) < 4.78 is 58.6. The predicted octanol–water partition coefficient (Wildman–Crippen LogP) is 0.212. The first-order valence-electron chi connectivity index (χ1n) is 7.64. The second-order valence-corrected chi connectivity index (χ2v) is 5.96. The Kier molecular flexibility index (Phi) is 6.23. The van der Waals surface area contributed by atoms with E-state index in [0.29, 0.717) is 0 Å². The summed E-state index contributed by atoms with van der Waals surface area (Å²) in [5.41, 5.74) is 4.05. The molecular formula is C13H17F4N3O6. The highest BCUT2D eigenvalue weighted by molar-refractivity contribution is 5.86. The molecule has 3 amide bonds. The number of carbonyl (C=O) groups excluding carboxylic acids is 2. The summed E-state index contributed by atoms with van der Waals surface area (Å²) in [5.74, 6) is -2.29. The Hall–Kier alpha value is -2.15. The average Bonchev–Trinajstić information content (AvgIpc) is 2.48. The molecule has 0 aromatic rings. The molecule has 0 spiro atoms. The second kappa shape index (κ2) is 8.03. The molecule has 9 nitrogen and oxygen atoms in total. The number of hydrogen-bond acceptors (Lipinski definition) is 5. The molecule has 1 aliphatic carbocycles. The first kappa shape index (κ1) is 20.2. The molecule has 0 unspecified atom stereocenters. The summed E-state index contributed by atoms with van der Waals surface area (Å²) >= 11 is 0. The van der Waals surface area contributed by atoms with Crippen molar-refractivity contribution in [3.63, 3.8) is 0 Å². The first-order chi connectivity index (χ1) is 12.0. The maximum absolute atomic E-state index is 13.8. The number of ether oxygens (including phenoxy) is 2. The van der Waals surface area contributed by atoms with Gasteiger partial charge in [-0.15, -0.1) is 13.2 Å². The van der Waals surface area contributed by atoms with Gasteiger partial charge in [0.15, 0.2) is 0 Å². The van der Waals surface area contributed by atoms with Crippen LogP contribution in [0.1, 0.15) is 19.3 Å². The summed E-state index contributed by atoms with van der Waals surface area (Å²) in [6.07, 6.45) is -10.9. The molecule has 4 N–H and O–H groups in total. The van der Waals surface area contributed by atoms with Crippen LogP contribution in [0.25, 0.3) is 0 Å². The number of hydrazine groups is 1. The Morgan fingerprint density at radius 2 is 1.69 bits per heavy atom. The molecule has 148 valence electrons. The van der Waals surface area contributed by atoms with E-state index in [1.807, 2.05) is 16.2 Å².